The molecule has 1 aromatic carbocycles. The molecule has 160 valence electrons. The van der Waals surface area contributed by atoms with E-state index in [9.17, 15) is 9.18 Å². The Labute approximate surface area is 170 Å². The number of halogens is 1. The van der Waals surface area contributed by atoms with E-state index in [1.807, 2.05) is 17.0 Å². The number of benzene rings is 1. The van der Waals surface area contributed by atoms with Gasteiger partial charge in [0, 0.05) is 39.1 Å². The fourth-order valence-corrected chi connectivity index (χ4v) is 3.79. The highest BCUT2D eigenvalue weighted by Crippen LogP contribution is 2.28. The van der Waals surface area contributed by atoms with Crippen molar-refractivity contribution in [1.82, 2.24) is 9.80 Å². The van der Waals surface area contributed by atoms with Gasteiger partial charge in [0.25, 0.3) is 0 Å². The zero-order chi connectivity index (χ0) is 21.2. The minimum atomic E-state index is -1.82. The molecule has 1 heterocycles. The van der Waals surface area contributed by atoms with Crippen LogP contribution in [0.25, 0.3) is 0 Å². The lowest BCUT2D eigenvalue weighted by Gasteiger charge is -2.35. The summed E-state index contributed by atoms with van der Waals surface area (Å²) < 4.78 is 12.9. The quantitative estimate of drug-likeness (QED) is 0.727. The summed E-state index contributed by atoms with van der Waals surface area (Å²) in [6, 6.07) is 6.71. The third kappa shape index (κ3) is 8.19. The number of rotatable bonds is 5. The van der Waals surface area contributed by atoms with Gasteiger partial charge in [0.15, 0.2) is 0 Å². The van der Waals surface area contributed by atoms with Gasteiger partial charge in [-0.3, -0.25) is 9.69 Å². The number of piperazine rings is 1. The molecule has 0 radical (unpaired) electrons. The fraction of sp³-hybridized carbons (Fsp3) is 0.571. The van der Waals surface area contributed by atoms with Gasteiger partial charge >= 0.3 is 11.9 Å². The number of nitrogens with zero attached hydrogens (tertiary/aromatic N) is 2. The van der Waals surface area contributed by atoms with Gasteiger partial charge < -0.3 is 15.1 Å². The Kier molecular flexibility index (Phi) is 9.05. The Morgan fingerprint density at radius 2 is 1.48 bits per heavy atom. The molecule has 0 atom stereocenters. The number of carboxylic acids is 2. The van der Waals surface area contributed by atoms with E-state index in [1.165, 1.54) is 37.8 Å². The van der Waals surface area contributed by atoms with E-state index < -0.39 is 11.9 Å². The molecule has 1 saturated heterocycles. The van der Waals surface area contributed by atoms with Crippen molar-refractivity contribution in [3.05, 3.63) is 35.6 Å². The number of carbonyl (C=O) groups is 3. The van der Waals surface area contributed by atoms with Gasteiger partial charge in [-0.1, -0.05) is 37.8 Å². The van der Waals surface area contributed by atoms with Crippen molar-refractivity contribution in [2.45, 2.75) is 45.1 Å². The first kappa shape index (κ1) is 22.8. The van der Waals surface area contributed by atoms with Gasteiger partial charge in [-0.05, 0) is 30.0 Å². The van der Waals surface area contributed by atoms with Crippen LogP contribution in [0, 0.1) is 11.7 Å². The monoisotopic (exact) mass is 408 g/mol. The molecule has 2 aliphatic rings. The zero-order valence-electron chi connectivity index (χ0n) is 16.6. The van der Waals surface area contributed by atoms with E-state index in [-0.39, 0.29) is 5.82 Å². The highest BCUT2D eigenvalue weighted by molar-refractivity contribution is 6.27. The number of amides is 1. The van der Waals surface area contributed by atoms with E-state index in [0.29, 0.717) is 5.91 Å². The van der Waals surface area contributed by atoms with Crippen molar-refractivity contribution in [3.63, 3.8) is 0 Å². The Morgan fingerprint density at radius 1 is 0.931 bits per heavy atom. The van der Waals surface area contributed by atoms with Gasteiger partial charge in [-0.25, -0.2) is 14.0 Å². The van der Waals surface area contributed by atoms with Crippen LogP contribution in [0.2, 0.25) is 0 Å². The van der Waals surface area contributed by atoms with Gasteiger partial charge in [0.05, 0.1) is 0 Å². The average Bonchev–Trinajstić information content (AvgIpc) is 3.22. The van der Waals surface area contributed by atoms with Gasteiger partial charge in [-0.2, -0.15) is 0 Å². The van der Waals surface area contributed by atoms with Crippen LogP contribution in [-0.4, -0.2) is 64.0 Å². The molecule has 1 aromatic rings. The fourth-order valence-electron chi connectivity index (χ4n) is 3.79. The second-order valence-corrected chi connectivity index (χ2v) is 7.58. The second-order valence-electron chi connectivity index (χ2n) is 7.58. The molecule has 0 aromatic heterocycles. The molecular formula is C21H29FN2O5. The van der Waals surface area contributed by atoms with E-state index in [2.05, 4.69) is 4.90 Å². The first-order valence-electron chi connectivity index (χ1n) is 10.1. The summed E-state index contributed by atoms with van der Waals surface area (Å²) in [5.41, 5.74) is 1.13. The molecule has 1 aliphatic carbocycles. The van der Waals surface area contributed by atoms with Crippen LogP contribution in [0.1, 0.15) is 44.1 Å². The molecule has 0 spiro atoms. The van der Waals surface area contributed by atoms with Crippen molar-refractivity contribution < 1.29 is 29.0 Å². The van der Waals surface area contributed by atoms with Crippen LogP contribution < -0.4 is 0 Å². The summed E-state index contributed by atoms with van der Waals surface area (Å²) in [4.78, 5) is 34.9. The van der Waals surface area contributed by atoms with Crippen molar-refractivity contribution in [3.8, 4) is 0 Å². The molecule has 1 aliphatic heterocycles. The molecule has 7 nitrogen and oxygen atoms in total. The number of aliphatic carboxylic acids is 2. The third-order valence-electron chi connectivity index (χ3n) is 5.47. The Bertz CT molecular complexity index is 669. The summed E-state index contributed by atoms with van der Waals surface area (Å²) >= 11 is 0. The van der Waals surface area contributed by atoms with Crippen LogP contribution in [0.15, 0.2) is 24.3 Å². The molecule has 8 heteroatoms. The SMILES string of the molecule is O=C(CCC1CCCC1)N1CCN(Cc2ccc(F)cc2)CC1.O=C(O)C(=O)O. The summed E-state index contributed by atoms with van der Waals surface area (Å²) in [7, 11) is 0. The predicted octanol–water partition coefficient (Wildman–Crippen LogP) is 2.60. The molecule has 3 rings (SSSR count). The van der Waals surface area contributed by atoms with Gasteiger partial charge in [0.2, 0.25) is 5.91 Å². The zero-order valence-corrected chi connectivity index (χ0v) is 16.6. The highest BCUT2D eigenvalue weighted by Gasteiger charge is 2.22. The second kappa shape index (κ2) is 11.5. The molecule has 2 fully saturated rings. The van der Waals surface area contributed by atoms with Crippen LogP contribution in [0.3, 0.4) is 0 Å². The van der Waals surface area contributed by atoms with E-state index in [1.54, 1.807) is 0 Å². The van der Waals surface area contributed by atoms with Crippen molar-refractivity contribution >= 4 is 17.8 Å². The van der Waals surface area contributed by atoms with E-state index >= 15 is 0 Å². The summed E-state index contributed by atoms with van der Waals surface area (Å²) in [6.45, 7) is 4.30. The van der Waals surface area contributed by atoms with Crippen molar-refractivity contribution in [2.75, 3.05) is 26.2 Å². The van der Waals surface area contributed by atoms with Crippen LogP contribution >= 0.6 is 0 Å². The molecule has 0 bridgehead atoms. The summed E-state index contributed by atoms with van der Waals surface area (Å²) in [6.07, 6.45) is 7.14. The lowest BCUT2D eigenvalue weighted by molar-refractivity contribution is -0.159. The standard InChI is InChI=1S/C19H27FN2O.C2H2O4/c20-18-8-5-17(6-9-18)15-21-11-13-22(14-12-21)19(23)10-7-16-3-1-2-4-16;3-1(4)2(5)6/h5-6,8-9,16H,1-4,7,10-15H2;(H,3,4)(H,5,6). The van der Waals surface area contributed by atoms with Gasteiger partial charge in [-0.15, -0.1) is 0 Å². The average molecular weight is 408 g/mol. The maximum Gasteiger partial charge on any atom is 0.414 e. The van der Waals surface area contributed by atoms with Crippen LogP contribution in [-0.2, 0) is 20.9 Å². The van der Waals surface area contributed by atoms with Crippen molar-refractivity contribution in [1.29, 1.82) is 0 Å². The number of carboxylic acid groups (broad SMARTS) is 2. The molecule has 1 amide bonds. The Morgan fingerprint density at radius 3 is 2.00 bits per heavy atom. The Hall–Kier alpha value is -2.48. The van der Waals surface area contributed by atoms with Crippen LogP contribution in [0.4, 0.5) is 4.39 Å². The maximum absolute atomic E-state index is 12.9. The molecule has 2 N–H and O–H groups in total. The van der Waals surface area contributed by atoms with Crippen molar-refractivity contribution in [2.24, 2.45) is 5.92 Å². The largest absolute Gasteiger partial charge is 0.473 e. The highest BCUT2D eigenvalue weighted by atomic mass is 19.1. The lowest BCUT2D eigenvalue weighted by atomic mass is 10.0. The molecule has 0 unspecified atom stereocenters. The smallest absolute Gasteiger partial charge is 0.414 e. The Balaban J connectivity index is 0.000000438. The van der Waals surface area contributed by atoms with Gasteiger partial charge in [0.1, 0.15) is 5.82 Å². The first-order valence-corrected chi connectivity index (χ1v) is 10.1. The summed E-state index contributed by atoms with van der Waals surface area (Å²) in [5.74, 6) is -2.71. The number of hydrogen-bond donors (Lipinski definition) is 2. The molecule has 1 saturated carbocycles. The number of hydrogen-bond acceptors (Lipinski definition) is 4. The minimum Gasteiger partial charge on any atom is -0.473 e. The van der Waals surface area contributed by atoms with E-state index in [0.717, 1.165) is 57.0 Å². The lowest BCUT2D eigenvalue weighted by Crippen LogP contribution is -2.48. The molecule has 29 heavy (non-hydrogen) atoms. The minimum absolute atomic E-state index is 0.188. The first-order chi connectivity index (χ1) is 13.8. The van der Waals surface area contributed by atoms with E-state index in [4.69, 9.17) is 19.8 Å². The predicted molar refractivity (Wildman–Crippen MR) is 105 cm³/mol. The topological polar surface area (TPSA) is 98.2 Å². The maximum atomic E-state index is 12.9. The third-order valence-corrected chi connectivity index (χ3v) is 5.47. The van der Waals surface area contributed by atoms with Crippen LogP contribution in [0.5, 0.6) is 0 Å². The number of carbonyl (C=O) groups excluding carboxylic acids is 1. The molecular weight excluding hydrogens is 379 g/mol. The normalized spacial score (nSPS) is 17.5. The summed E-state index contributed by atoms with van der Waals surface area (Å²) in [5, 5.41) is 14.8.